The van der Waals surface area contributed by atoms with E-state index in [0.717, 1.165) is 6.61 Å². The van der Waals surface area contributed by atoms with Crippen LogP contribution in [0.4, 0.5) is 4.39 Å². The summed E-state index contributed by atoms with van der Waals surface area (Å²) in [6.07, 6.45) is 3.04. The molecule has 1 aromatic carbocycles. The van der Waals surface area contributed by atoms with Crippen molar-refractivity contribution in [2.45, 2.75) is 30.7 Å². The SMILES string of the molecule is NCc1c(F)cccc1S(=O)(=O)NCCCOCC1CC1. The van der Waals surface area contributed by atoms with Crippen LogP contribution in [-0.4, -0.2) is 28.2 Å². The molecule has 1 aliphatic rings. The minimum absolute atomic E-state index is 0.00924. The Bertz CT molecular complexity index is 574. The van der Waals surface area contributed by atoms with E-state index in [-0.39, 0.29) is 23.5 Å². The lowest BCUT2D eigenvalue weighted by atomic mass is 10.2. The summed E-state index contributed by atoms with van der Waals surface area (Å²) in [6.45, 7) is 1.38. The number of sulfonamides is 1. The molecule has 0 unspecified atom stereocenters. The van der Waals surface area contributed by atoms with E-state index in [1.807, 2.05) is 0 Å². The van der Waals surface area contributed by atoms with Crippen LogP contribution in [0.2, 0.25) is 0 Å². The van der Waals surface area contributed by atoms with Crippen molar-refractivity contribution < 1.29 is 17.5 Å². The van der Waals surface area contributed by atoms with Gasteiger partial charge in [-0.05, 0) is 37.3 Å². The minimum Gasteiger partial charge on any atom is -0.381 e. The maximum absolute atomic E-state index is 13.6. The molecule has 3 N–H and O–H groups in total. The second-order valence-electron chi connectivity index (χ2n) is 5.19. The van der Waals surface area contributed by atoms with E-state index < -0.39 is 15.8 Å². The van der Waals surface area contributed by atoms with Crippen LogP contribution in [-0.2, 0) is 21.3 Å². The third-order valence-corrected chi connectivity index (χ3v) is 4.92. The molecule has 0 bridgehead atoms. The quantitative estimate of drug-likeness (QED) is 0.674. The van der Waals surface area contributed by atoms with Gasteiger partial charge in [0.05, 0.1) is 4.90 Å². The van der Waals surface area contributed by atoms with Crippen molar-refractivity contribution in [2.24, 2.45) is 11.7 Å². The first-order chi connectivity index (χ1) is 10.0. The Morgan fingerprint density at radius 1 is 1.38 bits per heavy atom. The first-order valence-corrected chi connectivity index (χ1v) is 8.58. The highest BCUT2D eigenvalue weighted by Gasteiger charge is 2.21. The van der Waals surface area contributed by atoms with Crippen LogP contribution in [0.25, 0.3) is 0 Å². The number of ether oxygens (including phenoxy) is 1. The van der Waals surface area contributed by atoms with Crippen LogP contribution in [0.15, 0.2) is 23.1 Å². The predicted molar refractivity (Wildman–Crippen MR) is 77.6 cm³/mol. The standard InChI is InChI=1S/C14H21FN2O3S/c15-13-3-1-4-14(12(13)9-16)21(18,19)17-7-2-8-20-10-11-5-6-11/h1,3-4,11,17H,2,5-10,16H2. The molecule has 2 rings (SSSR count). The number of rotatable bonds is 9. The highest BCUT2D eigenvalue weighted by molar-refractivity contribution is 7.89. The molecule has 0 saturated heterocycles. The van der Waals surface area contributed by atoms with Crippen molar-refractivity contribution in [2.75, 3.05) is 19.8 Å². The second-order valence-corrected chi connectivity index (χ2v) is 6.93. The topological polar surface area (TPSA) is 81.4 Å². The van der Waals surface area contributed by atoms with Gasteiger partial charge in [0, 0.05) is 31.9 Å². The summed E-state index contributed by atoms with van der Waals surface area (Å²) in [6, 6.07) is 3.92. The Morgan fingerprint density at radius 3 is 2.81 bits per heavy atom. The van der Waals surface area contributed by atoms with Gasteiger partial charge in [-0.3, -0.25) is 0 Å². The molecule has 1 fully saturated rings. The molecule has 21 heavy (non-hydrogen) atoms. The summed E-state index contributed by atoms with van der Waals surface area (Å²) in [5.74, 6) is 0.0919. The molecule has 118 valence electrons. The van der Waals surface area contributed by atoms with E-state index in [0.29, 0.717) is 18.9 Å². The molecule has 0 heterocycles. The lowest BCUT2D eigenvalue weighted by molar-refractivity contribution is 0.123. The van der Waals surface area contributed by atoms with Gasteiger partial charge in [0.15, 0.2) is 0 Å². The van der Waals surface area contributed by atoms with Crippen LogP contribution in [0.3, 0.4) is 0 Å². The Balaban J connectivity index is 1.84. The molecular formula is C14H21FN2O3S. The molecule has 0 amide bonds. The van der Waals surface area contributed by atoms with Crippen LogP contribution >= 0.6 is 0 Å². The summed E-state index contributed by atoms with van der Waals surface area (Å²) in [5, 5.41) is 0. The third-order valence-electron chi connectivity index (χ3n) is 3.38. The molecule has 7 heteroatoms. The van der Waals surface area contributed by atoms with Crippen molar-refractivity contribution in [3.63, 3.8) is 0 Å². The van der Waals surface area contributed by atoms with Crippen molar-refractivity contribution in [1.29, 1.82) is 0 Å². The molecule has 0 aliphatic heterocycles. The van der Waals surface area contributed by atoms with Gasteiger partial charge >= 0.3 is 0 Å². The van der Waals surface area contributed by atoms with Gasteiger partial charge in [-0.15, -0.1) is 0 Å². The van der Waals surface area contributed by atoms with Gasteiger partial charge in [0.2, 0.25) is 10.0 Å². The number of nitrogens with two attached hydrogens (primary N) is 1. The Kier molecular flexibility index (Phi) is 5.69. The Morgan fingerprint density at radius 2 is 2.14 bits per heavy atom. The minimum atomic E-state index is -3.74. The summed E-state index contributed by atoms with van der Waals surface area (Å²) in [7, 11) is -3.74. The first-order valence-electron chi connectivity index (χ1n) is 7.09. The molecule has 0 spiro atoms. The highest BCUT2D eigenvalue weighted by atomic mass is 32.2. The maximum Gasteiger partial charge on any atom is 0.240 e. The zero-order chi connectivity index (χ0) is 15.3. The van der Waals surface area contributed by atoms with Crippen molar-refractivity contribution in [3.8, 4) is 0 Å². The maximum atomic E-state index is 13.6. The lowest BCUT2D eigenvalue weighted by Gasteiger charge is -2.11. The number of nitrogens with one attached hydrogen (secondary N) is 1. The van der Waals surface area contributed by atoms with E-state index in [4.69, 9.17) is 10.5 Å². The summed E-state index contributed by atoms with van der Waals surface area (Å²) in [5.41, 5.74) is 5.43. The van der Waals surface area contributed by atoms with Gasteiger partial charge in [0.25, 0.3) is 0 Å². The fourth-order valence-electron chi connectivity index (χ4n) is 1.98. The Labute approximate surface area is 124 Å². The number of hydrogen-bond donors (Lipinski definition) is 2. The van der Waals surface area contributed by atoms with Crippen LogP contribution in [0.5, 0.6) is 0 Å². The fraction of sp³-hybridized carbons (Fsp3) is 0.571. The van der Waals surface area contributed by atoms with Gasteiger partial charge in [0.1, 0.15) is 5.82 Å². The molecule has 0 radical (unpaired) electrons. The van der Waals surface area contributed by atoms with Crippen molar-refractivity contribution >= 4 is 10.0 Å². The summed E-state index contributed by atoms with van der Waals surface area (Å²) in [4.78, 5) is -0.0936. The van der Waals surface area contributed by atoms with E-state index >= 15 is 0 Å². The average Bonchev–Trinajstić information content (AvgIpc) is 3.26. The predicted octanol–water partition coefficient (Wildman–Crippen LogP) is 1.38. The van der Waals surface area contributed by atoms with Crippen LogP contribution in [0, 0.1) is 11.7 Å². The average molecular weight is 316 g/mol. The van der Waals surface area contributed by atoms with Crippen LogP contribution < -0.4 is 10.5 Å². The highest BCUT2D eigenvalue weighted by Crippen LogP contribution is 2.28. The lowest BCUT2D eigenvalue weighted by Crippen LogP contribution is -2.27. The molecule has 0 atom stereocenters. The molecule has 1 aliphatic carbocycles. The third kappa shape index (κ3) is 4.74. The zero-order valence-corrected chi connectivity index (χ0v) is 12.7. The van der Waals surface area contributed by atoms with E-state index in [1.54, 1.807) is 0 Å². The van der Waals surface area contributed by atoms with Crippen molar-refractivity contribution in [1.82, 2.24) is 4.72 Å². The second kappa shape index (κ2) is 7.31. The first kappa shape index (κ1) is 16.4. The summed E-state index contributed by atoms with van der Waals surface area (Å²) >= 11 is 0. The van der Waals surface area contributed by atoms with Gasteiger partial charge in [-0.1, -0.05) is 6.07 Å². The van der Waals surface area contributed by atoms with Gasteiger partial charge < -0.3 is 10.5 Å². The monoisotopic (exact) mass is 316 g/mol. The number of hydrogen-bond acceptors (Lipinski definition) is 4. The molecule has 5 nitrogen and oxygen atoms in total. The van der Waals surface area contributed by atoms with Crippen molar-refractivity contribution in [3.05, 3.63) is 29.6 Å². The van der Waals surface area contributed by atoms with E-state index in [2.05, 4.69) is 4.72 Å². The number of benzene rings is 1. The molecule has 1 aromatic rings. The smallest absolute Gasteiger partial charge is 0.240 e. The van der Waals surface area contributed by atoms with Crippen LogP contribution in [0.1, 0.15) is 24.8 Å². The normalized spacial score (nSPS) is 15.3. The fourth-order valence-corrected chi connectivity index (χ4v) is 3.31. The van der Waals surface area contributed by atoms with Gasteiger partial charge in [-0.25, -0.2) is 17.5 Å². The molecule has 1 saturated carbocycles. The zero-order valence-electron chi connectivity index (χ0n) is 11.8. The number of halogens is 1. The Hall–Kier alpha value is -1.02. The van der Waals surface area contributed by atoms with E-state index in [9.17, 15) is 12.8 Å². The van der Waals surface area contributed by atoms with Gasteiger partial charge in [-0.2, -0.15) is 0 Å². The largest absolute Gasteiger partial charge is 0.381 e. The summed E-state index contributed by atoms with van der Waals surface area (Å²) < 4.78 is 45.7. The van der Waals surface area contributed by atoms with E-state index in [1.165, 1.54) is 31.0 Å². The molecule has 0 aromatic heterocycles. The molecular weight excluding hydrogens is 295 g/mol.